The minimum absolute atomic E-state index is 0.186. The molecule has 3 rings (SSSR count). The first-order valence-corrected chi connectivity index (χ1v) is 7.39. The summed E-state index contributed by atoms with van der Waals surface area (Å²) in [4.78, 5) is 4.93. The van der Waals surface area contributed by atoms with Crippen molar-refractivity contribution in [3.63, 3.8) is 0 Å². The monoisotopic (exact) mass is 276 g/mol. The molecule has 0 spiro atoms. The van der Waals surface area contributed by atoms with Crippen LogP contribution >= 0.6 is 0 Å². The molecule has 1 N–H and O–H groups in total. The first kappa shape index (κ1) is 13.7. The van der Waals surface area contributed by atoms with Gasteiger partial charge in [-0.15, -0.1) is 0 Å². The van der Waals surface area contributed by atoms with Crippen LogP contribution in [-0.4, -0.2) is 53.7 Å². The Hall–Kier alpha value is -1.26. The second-order valence-electron chi connectivity index (χ2n) is 6.64. The molecule has 0 aliphatic carbocycles. The van der Waals surface area contributed by atoms with E-state index >= 15 is 0 Å². The SMILES string of the molecule is CN1CCN(C2CC(C)(C)Oc3cc(O)ccc32)CC1. The van der Waals surface area contributed by atoms with Crippen molar-refractivity contribution in [3.8, 4) is 11.5 Å². The van der Waals surface area contributed by atoms with Gasteiger partial charge in [0.15, 0.2) is 0 Å². The van der Waals surface area contributed by atoms with Gasteiger partial charge < -0.3 is 14.7 Å². The molecule has 0 saturated carbocycles. The second-order valence-corrected chi connectivity index (χ2v) is 6.64. The molecule has 2 aliphatic heterocycles. The topological polar surface area (TPSA) is 35.9 Å². The molecule has 1 atom stereocenters. The molecule has 110 valence electrons. The Balaban J connectivity index is 1.91. The van der Waals surface area contributed by atoms with Gasteiger partial charge in [0.25, 0.3) is 0 Å². The van der Waals surface area contributed by atoms with Crippen molar-refractivity contribution in [2.45, 2.75) is 31.9 Å². The van der Waals surface area contributed by atoms with Crippen LogP contribution in [0.3, 0.4) is 0 Å². The highest BCUT2D eigenvalue weighted by atomic mass is 16.5. The van der Waals surface area contributed by atoms with Gasteiger partial charge in [-0.25, -0.2) is 0 Å². The van der Waals surface area contributed by atoms with E-state index in [4.69, 9.17) is 4.74 Å². The van der Waals surface area contributed by atoms with Crippen molar-refractivity contribution < 1.29 is 9.84 Å². The number of phenols is 1. The van der Waals surface area contributed by atoms with E-state index in [-0.39, 0.29) is 11.4 Å². The third-order valence-corrected chi connectivity index (χ3v) is 4.41. The summed E-state index contributed by atoms with van der Waals surface area (Å²) in [6, 6.07) is 5.93. The predicted octanol–water partition coefficient (Wildman–Crippen LogP) is 2.24. The molecule has 4 heteroatoms. The number of piperazine rings is 1. The lowest BCUT2D eigenvalue weighted by molar-refractivity contribution is 0.0148. The summed E-state index contributed by atoms with van der Waals surface area (Å²) in [7, 11) is 2.18. The summed E-state index contributed by atoms with van der Waals surface area (Å²) in [5.74, 6) is 1.11. The maximum Gasteiger partial charge on any atom is 0.128 e. The quantitative estimate of drug-likeness (QED) is 0.853. The summed E-state index contributed by atoms with van der Waals surface area (Å²) in [6.07, 6.45) is 0.995. The van der Waals surface area contributed by atoms with Crippen LogP contribution in [0.15, 0.2) is 18.2 Å². The van der Waals surface area contributed by atoms with E-state index in [2.05, 4.69) is 30.7 Å². The minimum atomic E-state index is -0.186. The van der Waals surface area contributed by atoms with E-state index in [0.29, 0.717) is 6.04 Å². The molecule has 1 saturated heterocycles. The van der Waals surface area contributed by atoms with Gasteiger partial charge in [0, 0.05) is 50.3 Å². The van der Waals surface area contributed by atoms with E-state index in [1.165, 1.54) is 5.56 Å². The lowest BCUT2D eigenvalue weighted by Gasteiger charge is -2.45. The Labute approximate surface area is 120 Å². The van der Waals surface area contributed by atoms with E-state index in [0.717, 1.165) is 38.3 Å². The number of rotatable bonds is 1. The fourth-order valence-corrected chi connectivity index (χ4v) is 3.26. The number of fused-ring (bicyclic) bond motifs is 1. The molecule has 0 aromatic heterocycles. The van der Waals surface area contributed by atoms with Crippen LogP contribution in [0.5, 0.6) is 11.5 Å². The van der Waals surface area contributed by atoms with E-state index in [1.807, 2.05) is 6.07 Å². The molecule has 0 amide bonds. The van der Waals surface area contributed by atoms with Crippen molar-refractivity contribution in [2.24, 2.45) is 0 Å². The standard InChI is InChI=1S/C16H24N2O2/c1-16(2)11-14(18-8-6-17(3)7-9-18)13-5-4-12(19)10-15(13)20-16/h4-5,10,14,19H,6-9,11H2,1-3H3. The highest BCUT2D eigenvalue weighted by Crippen LogP contribution is 2.43. The molecule has 1 aromatic carbocycles. The van der Waals surface area contributed by atoms with Crippen molar-refractivity contribution in [2.75, 3.05) is 33.2 Å². The van der Waals surface area contributed by atoms with Gasteiger partial charge >= 0.3 is 0 Å². The van der Waals surface area contributed by atoms with Crippen LogP contribution in [-0.2, 0) is 0 Å². The van der Waals surface area contributed by atoms with Gasteiger partial charge in [-0.05, 0) is 27.0 Å². The van der Waals surface area contributed by atoms with Crippen LogP contribution in [0.4, 0.5) is 0 Å². The third kappa shape index (κ3) is 2.63. The lowest BCUT2D eigenvalue weighted by Crippen LogP contribution is -2.49. The molecule has 0 bridgehead atoms. The lowest BCUT2D eigenvalue weighted by atomic mass is 9.88. The van der Waals surface area contributed by atoms with Crippen LogP contribution in [0.1, 0.15) is 31.9 Å². The van der Waals surface area contributed by atoms with Gasteiger partial charge in [-0.3, -0.25) is 4.90 Å². The zero-order valence-electron chi connectivity index (χ0n) is 12.6. The van der Waals surface area contributed by atoms with Crippen molar-refractivity contribution in [1.82, 2.24) is 9.80 Å². The zero-order valence-corrected chi connectivity index (χ0v) is 12.6. The summed E-state index contributed by atoms with van der Waals surface area (Å²) >= 11 is 0. The minimum Gasteiger partial charge on any atom is -0.508 e. The van der Waals surface area contributed by atoms with Crippen LogP contribution in [0.25, 0.3) is 0 Å². The highest BCUT2D eigenvalue weighted by Gasteiger charge is 2.37. The number of benzene rings is 1. The Bertz CT molecular complexity index is 493. The summed E-state index contributed by atoms with van der Waals surface area (Å²) in [5.41, 5.74) is 1.03. The van der Waals surface area contributed by atoms with Crippen LogP contribution in [0, 0.1) is 0 Å². The first-order chi connectivity index (χ1) is 9.44. The normalized spacial score (nSPS) is 26.9. The number of aromatic hydroxyl groups is 1. The molecule has 1 fully saturated rings. The Morgan fingerprint density at radius 3 is 2.60 bits per heavy atom. The Morgan fingerprint density at radius 1 is 1.20 bits per heavy atom. The number of nitrogens with zero attached hydrogens (tertiary/aromatic N) is 2. The molecule has 2 heterocycles. The average molecular weight is 276 g/mol. The van der Waals surface area contributed by atoms with Gasteiger partial charge in [-0.2, -0.15) is 0 Å². The first-order valence-electron chi connectivity index (χ1n) is 7.39. The second kappa shape index (κ2) is 4.93. The number of likely N-dealkylation sites (N-methyl/N-ethyl adjacent to an activating group) is 1. The molecule has 2 aliphatic rings. The molecule has 1 aromatic rings. The summed E-state index contributed by atoms with van der Waals surface area (Å²) in [5, 5.41) is 9.69. The van der Waals surface area contributed by atoms with E-state index < -0.39 is 0 Å². The van der Waals surface area contributed by atoms with Gasteiger partial charge in [0.2, 0.25) is 0 Å². The van der Waals surface area contributed by atoms with Gasteiger partial charge in [0.05, 0.1) is 0 Å². The number of hydrogen-bond donors (Lipinski definition) is 1. The van der Waals surface area contributed by atoms with Crippen LogP contribution in [0.2, 0.25) is 0 Å². The van der Waals surface area contributed by atoms with Crippen LogP contribution < -0.4 is 4.74 Å². The Morgan fingerprint density at radius 2 is 1.90 bits per heavy atom. The Kier molecular flexibility index (Phi) is 3.38. The summed E-state index contributed by atoms with van der Waals surface area (Å²) in [6.45, 7) is 8.68. The number of ether oxygens (including phenoxy) is 1. The number of phenolic OH excluding ortho intramolecular Hbond substituents is 1. The van der Waals surface area contributed by atoms with Crippen molar-refractivity contribution >= 4 is 0 Å². The maximum absolute atomic E-state index is 9.69. The van der Waals surface area contributed by atoms with Gasteiger partial charge in [-0.1, -0.05) is 6.07 Å². The molecule has 0 radical (unpaired) electrons. The van der Waals surface area contributed by atoms with E-state index in [1.54, 1.807) is 12.1 Å². The zero-order chi connectivity index (χ0) is 14.3. The maximum atomic E-state index is 9.69. The van der Waals surface area contributed by atoms with Crippen molar-refractivity contribution in [1.29, 1.82) is 0 Å². The summed E-state index contributed by atoms with van der Waals surface area (Å²) < 4.78 is 6.05. The largest absolute Gasteiger partial charge is 0.508 e. The molecule has 4 nitrogen and oxygen atoms in total. The average Bonchev–Trinajstić information content (AvgIpc) is 2.37. The third-order valence-electron chi connectivity index (χ3n) is 4.41. The molecular weight excluding hydrogens is 252 g/mol. The fraction of sp³-hybridized carbons (Fsp3) is 0.625. The van der Waals surface area contributed by atoms with Gasteiger partial charge in [0.1, 0.15) is 17.1 Å². The van der Waals surface area contributed by atoms with Crippen molar-refractivity contribution in [3.05, 3.63) is 23.8 Å². The smallest absolute Gasteiger partial charge is 0.128 e. The molecule has 1 unspecified atom stereocenters. The predicted molar refractivity (Wildman–Crippen MR) is 79.2 cm³/mol. The fourth-order valence-electron chi connectivity index (χ4n) is 3.26. The van der Waals surface area contributed by atoms with E-state index in [9.17, 15) is 5.11 Å². The highest BCUT2D eigenvalue weighted by molar-refractivity contribution is 5.44. The molecule has 20 heavy (non-hydrogen) atoms. The number of hydrogen-bond acceptors (Lipinski definition) is 4. The molecular formula is C16H24N2O2.